The Morgan fingerprint density at radius 2 is 2.07 bits per heavy atom. The fourth-order valence-corrected chi connectivity index (χ4v) is 4.01. The molecule has 4 heterocycles. The third-order valence-electron chi connectivity index (χ3n) is 4.94. The van der Waals surface area contributed by atoms with Crippen molar-refractivity contribution >= 4 is 28.4 Å². The number of thiophene rings is 1. The Balaban J connectivity index is 1.45. The molecule has 0 saturated heterocycles. The average Bonchev–Trinajstić information content (AvgIpc) is 3.27. The Morgan fingerprint density at radius 1 is 1.18 bits per heavy atom. The number of imidazole rings is 1. The van der Waals surface area contributed by atoms with Crippen molar-refractivity contribution in [3.63, 3.8) is 0 Å². The van der Waals surface area contributed by atoms with E-state index in [9.17, 15) is 4.79 Å². The lowest BCUT2D eigenvalue weighted by Gasteiger charge is -2.22. The molecule has 0 spiro atoms. The van der Waals surface area contributed by atoms with Crippen molar-refractivity contribution in [2.45, 2.75) is 32.0 Å². The van der Waals surface area contributed by atoms with Crippen molar-refractivity contribution in [2.75, 3.05) is 0 Å². The number of hydrogen-bond acceptors (Lipinski definition) is 5. The second-order valence-corrected chi connectivity index (χ2v) is 7.88. The lowest BCUT2D eigenvalue weighted by Crippen LogP contribution is -2.30. The molecule has 1 aliphatic carbocycles. The third kappa shape index (κ3) is 3.41. The van der Waals surface area contributed by atoms with Crippen molar-refractivity contribution in [3.8, 4) is 0 Å². The number of pyridine rings is 2. The highest BCUT2D eigenvalue weighted by molar-refractivity contribution is 7.07. The van der Waals surface area contributed by atoms with Crippen molar-refractivity contribution in [1.82, 2.24) is 24.4 Å². The van der Waals surface area contributed by atoms with Gasteiger partial charge in [0, 0.05) is 37.7 Å². The lowest BCUT2D eigenvalue weighted by atomic mass is 10.2. The first-order valence-electron chi connectivity index (χ1n) is 9.30. The molecule has 5 rings (SSSR count). The maximum absolute atomic E-state index is 13.3. The van der Waals surface area contributed by atoms with Crippen LogP contribution in [0.3, 0.4) is 0 Å². The topological polar surface area (TPSA) is 63.9 Å². The van der Waals surface area contributed by atoms with Crippen LogP contribution in [0, 0.1) is 0 Å². The van der Waals surface area contributed by atoms with E-state index in [0.29, 0.717) is 24.7 Å². The Labute approximate surface area is 166 Å². The highest BCUT2D eigenvalue weighted by Gasteiger charge is 2.26. The maximum Gasteiger partial charge on any atom is 0.256 e. The van der Waals surface area contributed by atoms with Crippen LogP contribution < -0.4 is 0 Å². The first-order valence-corrected chi connectivity index (χ1v) is 10.2. The van der Waals surface area contributed by atoms with Gasteiger partial charge in [-0.25, -0.2) is 9.97 Å². The zero-order valence-corrected chi connectivity index (χ0v) is 16.0. The average molecular weight is 389 g/mol. The van der Waals surface area contributed by atoms with E-state index >= 15 is 0 Å². The molecule has 1 saturated carbocycles. The molecule has 0 unspecified atom stereocenters. The van der Waals surface area contributed by atoms with Gasteiger partial charge in [0.2, 0.25) is 0 Å². The summed E-state index contributed by atoms with van der Waals surface area (Å²) in [6, 6.07) is 8.29. The van der Waals surface area contributed by atoms with Gasteiger partial charge in [-0.05, 0) is 52.9 Å². The van der Waals surface area contributed by atoms with Crippen LogP contribution in [-0.4, -0.2) is 30.3 Å². The van der Waals surface area contributed by atoms with Crippen LogP contribution in [0.2, 0.25) is 0 Å². The molecule has 1 amide bonds. The van der Waals surface area contributed by atoms with Gasteiger partial charge in [0.05, 0.1) is 11.9 Å². The summed E-state index contributed by atoms with van der Waals surface area (Å²) in [6.45, 7) is 1.04. The molecule has 0 aliphatic heterocycles. The predicted octanol–water partition coefficient (Wildman–Crippen LogP) is 4.07. The molecule has 1 fully saturated rings. The van der Waals surface area contributed by atoms with Gasteiger partial charge in [-0.1, -0.05) is 6.07 Å². The first kappa shape index (κ1) is 17.1. The van der Waals surface area contributed by atoms with E-state index in [4.69, 9.17) is 0 Å². The standard InChI is InChI=1S/C21H19N5OS/c27-21(17-8-19-20(23-10-17)26(14-24-19)18-3-4-18)25(12-16-5-7-28-13-16)11-15-2-1-6-22-9-15/h1-2,5-10,13-14,18H,3-4,11-12H2. The molecule has 0 bridgehead atoms. The van der Waals surface area contributed by atoms with Crippen LogP contribution >= 0.6 is 11.3 Å². The van der Waals surface area contributed by atoms with Crippen molar-refractivity contribution in [3.05, 3.63) is 76.6 Å². The molecule has 1 aliphatic rings. The molecule has 0 atom stereocenters. The quantitative estimate of drug-likeness (QED) is 0.499. The number of carbonyl (C=O) groups is 1. The van der Waals surface area contributed by atoms with Crippen molar-refractivity contribution in [2.24, 2.45) is 0 Å². The molecule has 140 valence electrons. The van der Waals surface area contributed by atoms with Crippen LogP contribution in [0.25, 0.3) is 11.2 Å². The summed E-state index contributed by atoms with van der Waals surface area (Å²) in [5.41, 5.74) is 4.31. The zero-order chi connectivity index (χ0) is 18.9. The number of aromatic nitrogens is 4. The Kier molecular flexibility index (Phi) is 4.37. The maximum atomic E-state index is 13.3. The second kappa shape index (κ2) is 7.16. The van der Waals surface area contributed by atoms with Crippen molar-refractivity contribution in [1.29, 1.82) is 0 Å². The molecule has 0 radical (unpaired) electrons. The largest absolute Gasteiger partial charge is 0.330 e. The van der Waals surface area contributed by atoms with E-state index in [1.165, 1.54) is 12.8 Å². The van der Waals surface area contributed by atoms with Crippen LogP contribution in [0.5, 0.6) is 0 Å². The normalized spacial score (nSPS) is 13.7. The predicted molar refractivity (Wildman–Crippen MR) is 108 cm³/mol. The van der Waals surface area contributed by atoms with Gasteiger partial charge in [0.15, 0.2) is 5.65 Å². The molecule has 7 heteroatoms. The summed E-state index contributed by atoms with van der Waals surface area (Å²) >= 11 is 1.63. The minimum Gasteiger partial charge on any atom is -0.330 e. The van der Waals surface area contributed by atoms with Gasteiger partial charge in [0.25, 0.3) is 5.91 Å². The van der Waals surface area contributed by atoms with Crippen LogP contribution in [-0.2, 0) is 13.1 Å². The van der Waals surface area contributed by atoms with Crippen LogP contribution in [0.4, 0.5) is 0 Å². The summed E-state index contributed by atoms with van der Waals surface area (Å²) in [6.07, 6.45) is 9.40. The van der Waals surface area contributed by atoms with Gasteiger partial charge in [-0.15, -0.1) is 0 Å². The minimum absolute atomic E-state index is 0.0505. The summed E-state index contributed by atoms with van der Waals surface area (Å²) < 4.78 is 2.11. The molecular formula is C21H19N5OS. The van der Waals surface area contributed by atoms with Crippen molar-refractivity contribution < 1.29 is 4.79 Å². The molecule has 4 aromatic rings. The molecule has 0 N–H and O–H groups in total. The van der Waals surface area contributed by atoms with E-state index in [1.807, 2.05) is 40.9 Å². The van der Waals surface area contributed by atoms with Crippen LogP contribution in [0.1, 0.15) is 40.4 Å². The van der Waals surface area contributed by atoms with E-state index in [1.54, 1.807) is 29.9 Å². The number of nitrogens with zero attached hydrogens (tertiary/aromatic N) is 5. The minimum atomic E-state index is -0.0505. The third-order valence-corrected chi connectivity index (χ3v) is 5.67. The second-order valence-electron chi connectivity index (χ2n) is 7.10. The van der Waals surface area contributed by atoms with Gasteiger partial charge in [-0.3, -0.25) is 9.78 Å². The number of fused-ring (bicyclic) bond motifs is 1. The number of carbonyl (C=O) groups excluding carboxylic acids is 1. The highest BCUT2D eigenvalue weighted by atomic mass is 32.1. The van der Waals surface area contributed by atoms with Gasteiger partial charge >= 0.3 is 0 Å². The Bertz CT molecular complexity index is 1100. The molecule has 6 nitrogen and oxygen atoms in total. The summed E-state index contributed by atoms with van der Waals surface area (Å²) in [4.78, 5) is 28.3. The van der Waals surface area contributed by atoms with Gasteiger partial charge < -0.3 is 9.47 Å². The SMILES string of the molecule is O=C(c1cnc2c(c1)ncn2C1CC1)N(Cc1cccnc1)Cc1ccsc1. The molecule has 4 aromatic heterocycles. The summed E-state index contributed by atoms with van der Waals surface area (Å²) in [5.74, 6) is -0.0505. The molecule has 28 heavy (non-hydrogen) atoms. The molecule has 0 aromatic carbocycles. The Hall–Kier alpha value is -3.06. The van der Waals surface area contributed by atoms with E-state index in [2.05, 4.69) is 24.9 Å². The fraction of sp³-hybridized carbons (Fsp3) is 0.238. The summed E-state index contributed by atoms with van der Waals surface area (Å²) in [7, 11) is 0. The summed E-state index contributed by atoms with van der Waals surface area (Å²) in [5, 5.41) is 4.10. The fourth-order valence-electron chi connectivity index (χ4n) is 3.35. The molecular weight excluding hydrogens is 370 g/mol. The van der Waals surface area contributed by atoms with Gasteiger partial charge in [-0.2, -0.15) is 11.3 Å². The first-order chi connectivity index (χ1) is 13.8. The Morgan fingerprint density at radius 3 is 2.82 bits per heavy atom. The van der Waals surface area contributed by atoms with Crippen LogP contribution in [0.15, 0.2) is 59.9 Å². The smallest absolute Gasteiger partial charge is 0.256 e. The number of rotatable bonds is 6. The van der Waals surface area contributed by atoms with E-state index in [-0.39, 0.29) is 5.91 Å². The monoisotopic (exact) mass is 389 g/mol. The van der Waals surface area contributed by atoms with E-state index in [0.717, 1.165) is 22.3 Å². The van der Waals surface area contributed by atoms with E-state index < -0.39 is 0 Å². The highest BCUT2D eigenvalue weighted by Crippen LogP contribution is 2.36. The zero-order valence-electron chi connectivity index (χ0n) is 15.2. The van der Waals surface area contributed by atoms with Gasteiger partial charge in [0.1, 0.15) is 5.52 Å². The lowest BCUT2D eigenvalue weighted by molar-refractivity contribution is 0.0730. The number of hydrogen-bond donors (Lipinski definition) is 0. The number of amides is 1.